The maximum absolute atomic E-state index is 14.2. The minimum atomic E-state index is -0.809. The van der Waals surface area contributed by atoms with Crippen molar-refractivity contribution >= 4 is 11.6 Å². The number of carbonyl (C=O) groups is 1. The van der Waals surface area contributed by atoms with Gasteiger partial charge in [-0.05, 0) is 31.0 Å². The predicted molar refractivity (Wildman–Crippen MR) is 90.1 cm³/mol. The van der Waals surface area contributed by atoms with E-state index in [2.05, 4.69) is 5.32 Å². The molecule has 0 aliphatic heterocycles. The molecule has 0 atom stereocenters. The largest absolute Gasteiger partial charge is 0.497 e. The van der Waals surface area contributed by atoms with Gasteiger partial charge in [0.1, 0.15) is 17.3 Å². The lowest BCUT2D eigenvalue weighted by atomic mass is 9.63. The summed E-state index contributed by atoms with van der Waals surface area (Å²) in [5.41, 5.74) is 0.197. The Morgan fingerprint density at radius 1 is 1.12 bits per heavy atom. The van der Waals surface area contributed by atoms with E-state index in [1.165, 1.54) is 13.2 Å². The molecule has 2 aromatic rings. The van der Waals surface area contributed by atoms with Gasteiger partial charge < -0.3 is 14.8 Å². The third-order valence-electron chi connectivity index (χ3n) is 4.69. The summed E-state index contributed by atoms with van der Waals surface area (Å²) in [5.74, 6) is 0.597. The Morgan fingerprint density at radius 3 is 2.46 bits per heavy atom. The van der Waals surface area contributed by atoms with Gasteiger partial charge in [0.15, 0.2) is 0 Å². The van der Waals surface area contributed by atoms with Crippen LogP contribution in [0.1, 0.15) is 24.8 Å². The summed E-state index contributed by atoms with van der Waals surface area (Å²) in [7, 11) is 3.09. The zero-order chi connectivity index (χ0) is 17.2. The summed E-state index contributed by atoms with van der Waals surface area (Å²) >= 11 is 0. The van der Waals surface area contributed by atoms with Crippen molar-refractivity contribution in [3.8, 4) is 11.5 Å². The molecule has 0 bridgehead atoms. The molecule has 0 unspecified atom stereocenters. The number of hydrogen-bond donors (Lipinski definition) is 1. The summed E-state index contributed by atoms with van der Waals surface area (Å²) < 4.78 is 24.7. The van der Waals surface area contributed by atoms with Gasteiger partial charge in [-0.15, -0.1) is 0 Å². The molecule has 0 saturated heterocycles. The highest BCUT2D eigenvalue weighted by atomic mass is 19.1. The van der Waals surface area contributed by atoms with Crippen LogP contribution in [0.4, 0.5) is 10.1 Å². The van der Waals surface area contributed by atoms with E-state index in [0.29, 0.717) is 35.6 Å². The number of methoxy groups -OCH3 is 2. The second-order valence-electron chi connectivity index (χ2n) is 5.94. The van der Waals surface area contributed by atoms with E-state index in [9.17, 15) is 9.18 Å². The van der Waals surface area contributed by atoms with Crippen LogP contribution >= 0.6 is 0 Å². The van der Waals surface area contributed by atoms with Gasteiger partial charge in [0.05, 0.1) is 25.3 Å². The van der Waals surface area contributed by atoms with Crippen molar-refractivity contribution < 1.29 is 18.7 Å². The van der Waals surface area contributed by atoms with Gasteiger partial charge in [0.2, 0.25) is 5.91 Å². The highest BCUT2D eigenvalue weighted by Crippen LogP contribution is 2.46. The van der Waals surface area contributed by atoms with Crippen molar-refractivity contribution in [1.82, 2.24) is 0 Å². The number of halogens is 1. The molecule has 1 aliphatic carbocycles. The van der Waals surface area contributed by atoms with E-state index in [1.807, 2.05) is 0 Å². The molecule has 3 rings (SSSR count). The highest BCUT2D eigenvalue weighted by molar-refractivity contribution is 6.01. The van der Waals surface area contributed by atoms with Gasteiger partial charge in [0, 0.05) is 11.6 Å². The summed E-state index contributed by atoms with van der Waals surface area (Å²) in [6, 6.07) is 11.7. The third kappa shape index (κ3) is 2.70. The van der Waals surface area contributed by atoms with E-state index in [0.717, 1.165) is 6.42 Å². The van der Waals surface area contributed by atoms with Crippen LogP contribution in [0.2, 0.25) is 0 Å². The molecule has 1 N–H and O–H groups in total. The van der Waals surface area contributed by atoms with Gasteiger partial charge >= 0.3 is 0 Å². The molecular formula is C19H20FNO3. The van der Waals surface area contributed by atoms with Crippen LogP contribution < -0.4 is 14.8 Å². The summed E-state index contributed by atoms with van der Waals surface area (Å²) in [4.78, 5) is 12.9. The van der Waals surface area contributed by atoms with Crippen LogP contribution in [0.25, 0.3) is 0 Å². The van der Waals surface area contributed by atoms with Crippen LogP contribution in [-0.2, 0) is 10.2 Å². The van der Waals surface area contributed by atoms with Gasteiger partial charge in [-0.2, -0.15) is 0 Å². The minimum absolute atomic E-state index is 0.206. The van der Waals surface area contributed by atoms with E-state index in [-0.39, 0.29) is 11.7 Å². The quantitative estimate of drug-likeness (QED) is 0.905. The lowest BCUT2D eigenvalue weighted by Gasteiger charge is -2.40. The molecule has 24 heavy (non-hydrogen) atoms. The van der Waals surface area contributed by atoms with Crippen molar-refractivity contribution in [2.45, 2.75) is 24.7 Å². The fourth-order valence-electron chi connectivity index (χ4n) is 3.14. The lowest BCUT2D eigenvalue weighted by Crippen LogP contribution is -2.46. The smallest absolute Gasteiger partial charge is 0.235 e. The van der Waals surface area contributed by atoms with Crippen molar-refractivity contribution in [2.75, 3.05) is 19.5 Å². The van der Waals surface area contributed by atoms with Gasteiger partial charge in [0.25, 0.3) is 0 Å². The van der Waals surface area contributed by atoms with Gasteiger partial charge in [-0.3, -0.25) is 4.79 Å². The van der Waals surface area contributed by atoms with Crippen LogP contribution in [0.15, 0.2) is 42.5 Å². The normalized spacial score (nSPS) is 15.3. The average molecular weight is 329 g/mol. The maximum Gasteiger partial charge on any atom is 0.235 e. The fraction of sp³-hybridized carbons (Fsp3) is 0.316. The molecule has 1 saturated carbocycles. The molecule has 1 aliphatic rings. The van der Waals surface area contributed by atoms with Gasteiger partial charge in [-0.25, -0.2) is 4.39 Å². The second-order valence-corrected chi connectivity index (χ2v) is 5.94. The summed E-state index contributed by atoms with van der Waals surface area (Å²) in [5, 5.41) is 2.90. The number of amides is 1. The molecule has 0 spiro atoms. The SMILES string of the molecule is COc1ccc(NC(=O)C2(c3ccccc3F)CCC2)c(OC)c1. The Morgan fingerprint density at radius 2 is 1.88 bits per heavy atom. The Balaban J connectivity index is 1.90. The van der Waals surface area contributed by atoms with E-state index >= 15 is 0 Å². The van der Waals surface area contributed by atoms with Crippen molar-refractivity contribution in [3.05, 3.63) is 53.8 Å². The minimum Gasteiger partial charge on any atom is -0.497 e. The first-order valence-corrected chi connectivity index (χ1v) is 7.89. The van der Waals surface area contributed by atoms with Crippen molar-refractivity contribution in [2.24, 2.45) is 0 Å². The zero-order valence-electron chi connectivity index (χ0n) is 13.8. The molecule has 0 aromatic heterocycles. The fourth-order valence-corrected chi connectivity index (χ4v) is 3.14. The molecule has 126 valence electrons. The Labute approximate surface area is 140 Å². The lowest BCUT2D eigenvalue weighted by molar-refractivity contribution is -0.124. The predicted octanol–water partition coefficient (Wildman–Crippen LogP) is 3.90. The first kappa shape index (κ1) is 16.3. The summed E-state index contributed by atoms with van der Waals surface area (Å²) in [6.45, 7) is 0. The van der Waals surface area contributed by atoms with E-state index in [4.69, 9.17) is 9.47 Å². The average Bonchev–Trinajstić information content (AvgIpc) is 2.56. The number of rotatable bonds is 5. The van der Waals surface area contributed by atoms with Crippen LogP contribution in [0.5, 0.6) is 11.5 Å². The van der Waals surface area contributed by atoms with E-state index in [1.54, 1.807) is 43.5 Å². The Hall–Kier alpha value is -2.56. The highest BCUT2D eigenvalue weighted by Gasteiger charge is 2.47. The van der Waals surface area contributed by atoms with Crippen LogP contribution in [0, 0.1) is 5.82 Å². The first-order chi connectivity index (χ1) is 11.6. The Kier molecular flexibility index (Phi) is 4.42. The first-order valence-electron chi connectivity index (χ1n) is 7.89. The topological polar surface area (TPSA) is 47.6 Å². The number of nitrogens with one attached hydrogen (secondary N) is 1. The maximum atomic E-state index is 14.2. The Bertz CT molecular complexity index is 756. The van der Waals surface area contributed by atoms with Crippen LogP contribution in [-0.4, -0.2) is 20.1 Å². The number of hydrogen-bond acceptors (Lipinski definition) is 3. The summed E-state index contributed by atoms with van der Waals surface area (Å²) in [6.07, 6.45) is 2.18. The molecule has 1 fully saturated rings. The second kappa shape index (κ2) is 6.51. The molecule has 0 heterocycles. The standard InChI is InChI=1S/C19H20FNO3/c1-23-13-8-9-16(17(12-13)24-2)21-18(22)19(10-5-11-19)14-6-3-4-7-15(14)20/h3-4,6-9,12H,5,10-11H2,1-2H3,(H,21,22). The number of ether oxygens (including phenoxy) is 2. The van der Waals surface area contributed by atoms with Crippen molar-refractivity contribution in [3.63, 3.8) is 0 Å². The molecular weight excluding hydrogens is 309 g/mol. The number of carbonyl (C=O) groups excluding carboxylic acids is 1. The molecule has 0 radical (unpaired) electrons. The number of anilines is 1. The number of benzene rings is 2. The van der Waals surface area contributed by atoms with Crippen molar-refractivity contribution in [1.29, 1.82) is 0 Å². The van der Waals surface area contributed by atoms with Gasteiger partial charge in [-0.1, -0.05) is 24.6 Å². The molecule has 5 heteroatoms. The molecule has 2 aromatic carbocycles. The molecule has 4 nitrogen and oxygen atoms in total. The van der Waals surface area contributed by atoms with Crippen LogP contribution in [0.3, 0.4) is 0 Å². The molecule has 1 amide bonds. The monoisotopic (exact) mass is 329 g/mol. The third-order valence-corrected chi connectivity index (χ3v) is 4.69. The zero-order valence-corrected chi connectivity index (χ0v) is 13.8. The van der Waals surface area contributed by atoms with E-state index < -0.39 is 5.41 Å².